The fourth-order valence-corrected chi connectivity index (χ4v) is 0.934. The van der Waals surface area contributed by atoms with E-state index in [0.29, 0.717) is 0 Å². The molecule has 11 heavy (non-hydrogen) atoms. The molecule has 4 nitrogen and oxygen atoms in total. The zero-order chi connectivity index (χ0) is 8.48. The number of aliphatic carboxylic acids is 1. The second-order valence-electron chi connectivity index (χ2n) is 2.57. The number of carbonyl (C=O) groups is 1. The fourth-order valence-electron chi connectivity index (χ4n) is 0.934. The van der Waals surface area contributed by atoms with Gasteiger partial charge in [-0.3, -0.25) is 9.79 Å². The Kier molecular flexibility index (Phi) is 1.78. The average Bonchev–Trinajstić information content (AvgIpc) is 1.85. The van der Waals surface area contributed by atoms with Gasteiger partial charge in [0.1, 0.15) is 5.92 Å². The summed E-state index contributed by atoms with van der Waals surface area (Å²) in [5, 5.41) is 18.0. The summed E-state index contributed by atoms with van der Waals surface area (Å²) < 4.78 is 0. The van der Waals surface area contributed by atoms with E-state index in [4.69, 9.17) is 5.11 Å². The molecule has 2 atom stereocenters. The Balaban J connectivity index is 2.89. The molecule has 1 rings (SSSR count). The van der Waals surface area contributed by atoms with Crippen molar-refractivity contribution in [2.75, 3.05) is 0 Å². The van der Waals surface area contributed by atoms with Crippen LogP contribution in [-0.2, 0) is 4.79 Å². The van der Waals surface area contributed by atoms with E-state index in [1.165, 1.54) is 25.3 Å². The van der Waals surface area contributed by atoms with Crippen molar-refractivity contribution in [3.63, 3.8) is 0 Å². The zero-order valence-electron chi connectivity index (χ0n) is 6.06. The Morgan fingerprint density at radius 3 is 2.73 bits per heavy atom. The molecule has 60 valence electrons. The lowest BCUT2D eigenvalue weighted by atomic mass is 9.96. The predicted molar refractivity (Wildman–Crippen MR) is 39.4 cm³/mol. The summed E-state index contributed by atoms with van der Waals surface area (Å²) in [6.07, 6.45) is 4.31. The highest BCUT2D eigenvalue weighted by Gasteiger charge is 2.35. The SMILES string of the molecule is CC1(O)N=CC=CC1C(=O)O. The van der Waals surface area contributed by atoms with Crippen LogP contribution in [0.2, 0.25) is 0 Å². The number of aliphatic hydroxyl groups is 1. The number of rotatable bonds is 1. The average molecular weight is 155 g/mol. The Hall–Kier alpha value is -1.16. The van der Waals surface area contributed by atoms with E-state index in [0.717, 1.165) is 0 Å². The smallest absolute Gasteiger partial charge is 0.315 e. The van der Waals surface area contributed by atoms with Gasteiger partial charge in [0.15, 0.2) is 5.72 Å². The van der Waals surface area contributed by atoms with Crippen molar-refractivity contribution >= 4 is 12.2 Å². The van der Waals surface area contributed by atoms with Crippen molar-refractivity contribution in [2.45, 2.75) is 12.6 Å². The fraction of sp³-hybridized carbons (Fsp3) is 0.429. The third-order valence-corrected chi connectivity index (χ3v) is 1.58. The van der Waals surface area contributed by atoms with Crippen LogP contribution in [0.1, 0.15) is 6.92 Å². The molecule has 0 spiro atoms. The number of hydrogen-bond donors (Lipinski definition) is 2. The van der Waals surface area contributed by atoms with Crippen LogP contribution in [0.25, 0.3) is 0 Å². The third kappa shape index (κ3) is 1.46. The highest BCUT2D eigenvalue weighted by atomic mass is 16.4. The second kappa shape index (κ2) is 2.47. The van der Waals surface area contributed by atoms with Gasteiger partial charge in [-0.1, -0.05) is 6.08 Å². The van der Waals surface area contributed by atoms with Gasteiger partial charge in [0, 0.05) is 6.21 Å². The van der Waals surface area contributed by atoms with Gasteiger partial charge in [-0.05, 0) is 13.0 Å². The molecule has 0 saturated carbocycles. The first-order valence-electron chi connectivity index (χ1n) is 3.21. The molecule has 2 N–H and O–H groups in total. The number of nitrogens with zero attached hydrogens (tertiary/aromatic N) is 1. The van der Waals surface area contributed by atoms with Gasteiger partial charge in [0.2, 0.25) is 0 Å². The van der Waals surface area contributed by atoms with E-state index in [2.05, 4.69) is 4.99 Å². The normalized spacial score (nSPS) is 35.6. The molecule has 1 heterocycles. The topological polar surface area (TPSA) is 69.9 Å². The molecular weight excluding hydrogens is 146 g/mol. The van der Waals surface area contributed by atoms with E-state index >= 15 is 0 Å². The standard InChI is InChI=1S/C7H9NO3/c1-7(11)5(6(9)10)3-2-4-8-7/h2-5,11H,1H3,(H,9,10). The van der Waals surface area contributed by atoms with Crippen LogP contribution in [0, 0.1) is 5.92 Å². The molecule has 0 aromatic carbocycles. The molecule has 0 amide bonds. The van der Waals surface area contributed by atoms with Crippen molar-refractivity contribution in [1.29, 1.82) is 0 Å². The summed E-state index contributed by atoms with van der Waals surface area (Å²) in [5.41, 5.74) is -1.50. The van der Waals surface area contributed by atoms with Crippen LogP contribution >= 0.6 is 0 Å². The maximum absolute atomic E-state index is 10.5. The number of aliphatic imine (C=N–C) groups is 1. The van der Waals surface area contributed by atoms with E-state index in [1.54, 1.807) is 0 Å². The minimum atomic E-state index is -1.50. The second-order valence-corrected chi connectivity index (χ2v) is 2.57. The molecular formula is C7H9NO3. The monoisotopic (exact) mass is 155 g/mol. The summed E-state index contributed by atoms with van der Waals surface area (Å²) in [7, 11) is 0. The minimum absolute atomic E-state index is 0.938. The van der Waals surface area contributed by atoms with Crippen LogP contribution in [0.3, 0.4) is 0 Å². The van der Waals surface area contributed by atoms with E-state index in [1.807, 2.05) is 0 Å². The molecule has 4 heteroatoms. The van der Waals surface area contributed by atoms with Gasteiger partial charge < -0.3 is 10.2 Å². The first-order chi connectivity index (χ1) is 5.04. The third-order valence-electron chi connectivity index (χ3n) is 1.58. The summed E-state index contributed by atoms with van der Waals surface area (Å²) in [5.74, 6) is -2.00. The number of carboxylic acid groups (broad SMARTS) is 1. The summed E-state index contributed by atoms with van der Waals surface area (Å²) >= 11 is 0. The van der Waals surface area contributed by atoms with Crippen LogP contribution in [-0.4, -0.2) is 28.1 Å². The minimum Gasteiger partial charge on any atom is -0.481 e. The van der Waals surface area contributed by atoms with Gasteiger partial charge in [-0.25, -0.2) is 0 Å². The Labute approximate surface area is 63.9 Å². The molecule has 1 aliphatic heterocycles. The van der Waals surface area contributed by atoms with Crippen LogP contribution in [0.4, 0.5) is 0 Å². The summed E-state index contributed by atoms with van der Waals surface area (Å²) in [4.78, 5) is 14.1. The maximum Gasteiger partial charge on any atom is 0.315 e. The quantitative estimate of drug-likeness (QED) is 0.561. The number of dihydropyridines is 1. The van der Waals surface area contributed by atoms with Crippen LogP contribution in [0.15, 0.2) is 17.1 Å². The molecule has 0 saturated heterocycles. The number of allylic oxidation sites excluding steroid dienone is 1. The lowest BCUT2D eigenvalue weighted by molar-refractivity contribution is -0.147. The molecule has 0 bridgehead atoms. The molecule has 0 fully saturated rings. The van der Waals surface area contributed by atoms with Crippen molar-refractivity contribution < 1.29 is 15.0 Å². The first-order valence-corrected chi connectivity index (χ1v) is 3.21. The van der Waals surface area contributed by atoms with E-state index in [-0.39, 0.29) is 0 Å². The largest absolute Gasteiger partial charge is 0.481 e. The molecule has 0 aliphatic carbocycles. The molecule has 2 unspecified atom stereocenters. The van der Waals surface area contributed by atoms with Gasteiger partial charge in [0.25, 0.3) is 0 Å². The summed E-state index contributed by atoms with van der Waals surface area (Å²) in [6.45, 7) is 1.37. The molecule has 0 radical (unpaired) electrons. The maximum atomic E-state index is 10.5. The predicted octanol–water partition coefficient (Wildman–Crippen LogP) is 0.0363. The van der Waals surface area contributed by atoms with Gasteiger partial charge >= 0.3 is 5.97 Å². The number of carboxylic acids is 1. The molecule has 0 aromatic heterocycles. The van der Waals surface area contributed by atoms with E-state index < -0.39 is 17.6 Å². The number of hydrogen-bond acceptors (Lipinski definition) is 3. The molecule has 0 aromatic rings. The van der Waals surface area contributed by atoms with Gasteiger partial charge in [-0.15, -0.1) is 0 Å². The lowest BCUT2D eigenvalue weighted by Gasteiger charge is -2.25. The highest BCUT2D eigenvalue weighted by molar-refractivity contribution is 5.80. The molecule has 1 aliphatic rings. The van der Waals surface area contributed by atoms with Crippen molar-refractivity contribution in [2.24, 2.45) is 10.9 Å². The Morgan fingerprint density at radius 2 is 2.36 bits per heavy atom. The van der Waals surface area contributed by atoms with Crippen molar-refractivity contribution in [1.82, 2.24) is 0 Å². The summed E-state index contributed by atoms with van der Waals surface area (Å²) in [6, 6.07) is 0. The Morgan fingerprint density at radius 1 is 1.73 bits per heavy atom. The highest BCUT2D eigenvalue weighted by Crippen LogP contribution is 2.22. The van der Waals surface area contributed by atoms with Gasteiger partial charge in [-0.2, -0.15) is 0 Å². The Bertz CT molecular complexity index is 230. The van der Waals surface area contributed by atoms with Crippen LogP contribution in [0.5, 0.6) is 0 Å². The first kappa shape index (κ1) is 7.94. The van der Waals surface area contributed by atoms with E-state index in [9.17, 15) is 9.90 Å². The lowest BCUT2D eigenvalue weighted by Crippen LogP contribution is -2.38. The zero-order valence-corrected chi connectivity index (χ0v) is 6.06. The van der Waals surface area contributed by atoms with Crippen molar-refractivity contribution in [3.05, 3.63) is 12.2 Å². The van der Waals surface area contributed by atoms with Gasteiger partial charge in [0.05, 0.1) is 0 Å². The van der Waals surface area contributed by atoms with Crippen molar-refractivity contribution in [3.8, 4) is 0 Å². The van der Waals surface area contributed by atoms with Crippen LogP contribution < -0.4 is 0 Å².